The normalized spacial score (nSPS) is 10.1. The van der Waals surface area contributed by atoms with E-state index in [1.54, 1.807) is 0 Å². The molecule has 412 valence electrons. The molecule has 5 nitrogen and oxygen atoms in total. The molecule has 0 saturated carbocycles. The number of benzene rings is 10. The van der Waals surface area contributed by atoms with Crippen molar-refractivity contribution in [3.05, 3.63) is 328 Å². The monoisotopic (exact) mass is 1170 g/mol. The van der Waals surface area contributed by atoms with E-state index >= 15 is 0 Å². The highest BCUT2D eigenvalue weighted by Crippen LogP contribution is 2.29. The van der Waals surface area contributed by atoms with E-state index < -0.39 is 0 Å². The molecule has 0 aliphatic carbocycles. The van der Waals surface area contributed by atoms with Gasteiger partial charge in [-0.2, -0.15) is 0 Å². The Balaban J connectivity index is 0.000000165. The summed E-state index contributed by atoms with van der Waals surface area (Å²) in [5.41, 5.74) is 11.6. The van der Waals surface area contributed by atoms with Gasteiger partial charge in [0.2, 0.25) is 25.6 Å². The third-order valence-electron chi connectivity index (χ3n) is 11.9. The fourth-order valence-electron chi connectivity index (χ4n) is 7.87. The van der Waals surface area contributed by atoms with Crippen LogP contribution in [0.5, 0.6) is 0 Å². The molecule has 0 bridgehead atoms. The summed E-state index contributed by atoms with van der Waals surface area (Å²) in [4.78, 5) is 65.0. The van der Waals surface area contributed by atoms with Crippen molar-refractivity contribution in [2.75, 3.05) is 0 Å². The van der Waals surface area contributed by atoms with Crippen LogP contribution in [0.1, 0.15) is 90.7 Å². The third kappa shape index (κ3) is 21.6. The van der Waals surface area contributed by atoms with Gasteiger partial charge in [-0.25, -0.2) is 0 Å². The zero-order chi connectivity index (χ0) is 58.6. The van der Waals surface area contributed by atoms with Crippen molar-refractivity contribution in [1.29, 1.82) is 0 Å². The topological polar surface area (TPSA) is 85.3 Å². The Morgan fingerprint density at radius 3 is 0.902 bits per heavy atom. The third-order valence-corrected chi connectivity index (χ3v) is 16.5. The highest BCUT2D eigenvalue weighted by molar-refractivity contribution is 8.15. The first-order valence-corrected chi connectivity index (χ1v) is 30.4. The maximum absolute atomic E-state index is 12.3. The van der Waals surface area contributed by atoms with E-state index in [9.17, 15) is 24.0 Å². The van der Waals surface area contributed by atoms with Crippen molar-refractivity contribution in [3.63, 3.8) is 0 Å². The summed E-state index contributed by atoms with van der Waals surface area (Å²) in [6.45, 7) is 14.0. The quantitative estimate of drug-likeness (QED) is 0.123. The van der Waals surface area contributed by atoms with Gasteiger partial charge in [-0.3, -0.25) is 24.0 Å². The zero-order valence-electron chi connectivity index (χ0n) is 46.9. The Bertz CT molecular complexity index is 3610. The molecule has 0 fully saturated rings. The lowest BCUT2D eigenvalue weighted by atomic mass is 10.0. The maximum atomic E-state index is 12.3. The van der Waals surface area contributed by atoms with Crippen LogP contribution in [0.15, 0.2) is 285 Å². The molecule has 0 saturated heterocycles. The number of hydrogen-bond acceptors (Lipinski definition) is 10. The van der Waals surface area contributed by atoms with Crippen LogP contribution in [-0.4, -0.2) is 25.6 Å². The summed E-state index contributed by atoms with van der Waals surface area (Å²) >= 11 is 6.36. The van der Waals surface area contributed by atoms with Crippen LogP contribution in [0.4, 0.5) is 0 Å². The minimum absolute atomic E-state index is 0.0850. The van der Waals surface area contributed by atoms with Gasteiger partial charge < -0.3 is 0 Å². The van der Waals surface area contributed by atoms with Gasteiger partial charge in [0.05, 0.1) is 0 Å². The summed E-state index contributed by atoms with van der Waals surface area (Å²) in [7, 11) is 0. The fourth-order valence-corrected chi connectivity index (χ4v) is 12.0. The highest BCUT2D eigenvalue weighted by Gasteiger charge is 2.15. The number of hydrogen-bond donors (Lipinski definition) is 0. The number of carbonyl (C=O) groups excluding carboxylic acids is 5. The summed E-state index contributed by atoms with van der Waals surface area (Å²) in [5, 5.41) is 0.502. The highest BCUT2D eigenvalue weighted by atomic mass is 32.2. The van der Waals surface area contributed by atoms with Crippen LogP contribution >= 0.6 is 58.8 Å². The second-order valence-corrected chi connectivity index (χ2v) is 23.9. The van der Waals surface area contributed by atoms with Crippen molar-refractivity contribution in [2.24, 2.45) is 0 Å². The van der Waals surface area contributed by atoms with E-state index in [-0.39, 0.29) is 25.6 Å². The largest absolute Gasteiger partial charge is 0.281 e. The molecule has 0 amide bonds. The Labute approximate surface area is 505 Å². The van der Waals surface area contributed by atoms with Gasteiger partial charge in [0.25, 0.3) is 0 Å². The maximum Gasteiger partial charge on any atom is 0.224 e. The number of thioether (sulfide) groups is 5. The van der Waals surface area contributed by atoms with E-state index in [1.165, 1.54) is 75.5 Å². The first-order valence-electron chi connectivity index (χ1n) is 26.3. The number of aryl methyl sites for hydroxylation is 7. The molecule has 0 aliphatic rings. The minimum Gasteiger partial charge on any atom is -0.281 e. The van der Waals surface area contributed by atoms with E-state index in [0.29, 0.717) is 0 Å². The van der Waals surface area contributed by atoms with Gasteiger partial charge in [-0.05, 0) is 196 Å². The second kappa shape index (κ2) is 33.9. The van der Waals surface area contributed by atoms with Gasteiger partial charge in [-0.15, -0.1) is 0 Å². The van der Waals surface area contributed by atoms with Crippen LogP contribution in [0.3, 0.4) is 0 Å². The summed E-state index contributed by atoms with van der Waals surface area (Å²) < 4.78 is 0. The number of carbonyl (C=O) groups is 5. The van der Waals surface area contributed by atoms with Gasteiger partial charge in [0.15, 0.2) is 0 Å². The standard InChI is InChI=1S/C16H16OS.C15H14OS.2C14H12OS.C13H10OS/c1-11-9-12(2)15(13(3)10-11)16(17)18-14-7-5-4-6-8-14;1-11-8-9-14(12(2)10-11)15(16)17-13-6-4-3-5-7-13;1-11-7-5-6-10-13(11)14(15)16-12-8-3-2-4-9-12;1-11-7-9-12(10-8-11)14(15)16-13-5-3-2-4-6-13;14-13(11-7-3-1-4-8-11)15-12-9-5-2-6-10-12/h4-10H,1-3H3;3-10H,1-2H3;2*2-10H,1H3;1-10H. The second-order valence-electron chi connectivity index (χ2n) is 18.7. The Morgan fingerprint density at radius 1 is 0.232 bits per heavy atom. The van der Waals surface area contributed by atoms with Gasteiger partial charge in [0.1, 0.15) is 0 Å². The SMILES string of the molecule is Cc1cc(C)c(C(=O)Sc2ccccc2)c(C)c1.Cc1ccc(C(=O)Sc2ccccc2)c(C)c1.Cc1ccc(C(=O)Sc2ccccc2)cc1.Cc1ccccc1C(=O)Sc1ccccc1.O=C(Sc1ccccc1)c1ccccc1. The molecular formula is C72H64O5S5. The first kappa shape index (κ1) is 63.5. The lowest BCUT2D eigenvalue weighted by molar-refractivity contribution is 0.108. The smallest absolute Gasteiger partial charge is 0.224 e. The Kier molecular flexibility index (Phi) is 26.3. The predicted octanol–water partition coefficient (Wildman–Crippen LogP) is 20.3. The minimum atomic E-state index is 0.0850. The van der Waals surface area contributed by atoms with E-state index in [4.69, 9.17) is 0 Å². The lowest BCUT2D eigenvalue weighted by Crippen LogP contribution is -2.01. The van der Waals surface area contributed by atoms with Crippen molar-refractivity contribution >= 4 is 84.4 Å². The number of rotatable bonds is 10. The molecule has 0 aliphatic heterocycles. The molecule has 0 N–H and O–H groups in total. The van der Waals surface area contributed by atoms with Crippen molar-refractivity contribution < 1.29 is 24.0 Å². The molecule has 0 atom stereocenters. The van der Waals surface area contributed by atoms with E-state index in [2.05, 4.69) is 19.1 Å². The van der Waals surface area contributed by atoms with Crippen molar-refractivity contribution in [2.45, 2.75) is 72.9 Å². The molecule has 10 rings (SSSR count). The molecule has 0 aromatic heterocycles. The van der Waals surface area contributed by atoms with Crippen molar-refractivity contribution in [1.82, 2.24) is 0 Å². The fraction of sp³-hybridized carbons (Fsp3) is 0.0972. The van der Waals surface area contributed by atoms with Crippen LogP contribution in [-0.2, 0) is 0 Å². The molecule has 0 spiro atoms. The Morgan fingerprint density at radius 2 is 0.524 bits per heavy atom. The van der Waals surface area contributed by atoms with Gasteiger partial charge >= 0.3 is 0 Å². The molecule has 0 unspecified atom stereocenters. The van der Waals surface area contributed by atoms with Crippen LogP contribution in [0, 0.1) is 48.5 Å². The molecule has 0 radical (unpaired) electrons. The first-order chi connectivity index (χ1) is 39.6. The van der Waals surface area contributed by atoms with Gasteiger partial charge in [-0.1, -0.05) is 211 Å². The zero-order valence-corrected chi connectivity index (χ0v) is 51.0. The van der Waals surface area contributed by atoms with E-state index in [1.807, 2.05) is 290 Å². The van der Waals surface area contributed by atoms with E-state index in [0.717, 1.165) is 74.5 Å². The molecular weight excluding hydrogens is 1110 g/mol. The van der Waals surface area contributed by atoms with Gasteiger partial charge in [0, 0.05) is 52.3 Å². The average Bonchev–Trinajstić information content (AvgIpc) is 3.50. The van der Waals surface area contributed by atoms with Crippen molar-refractivity contribution in [3.8, 4) is 0 Å². The molecule has 0 heterocycles. The predicted molar refractivity (Wildman–Crippen MR) is 349 cm³/mol. The molecule has 82 heavy (non-hydrogen) atoms. The molecule has 10 aromatic rings. The van der Waals surface area contributed by atoms with Crippen LogP contribution < -0.4 is 0 Å². The van der Waals surface area contributed by atoms with Crippen LogP contribution in [0.2, 0.25) is 0 Å². The van der Waals surface area contributed by atoms with Crippen LogP contribution in [0.25, 0.3) is 0 Å². The lowest BCUT2D eigenvalue weighted by Gasteiger charge is -2.09. The summed E-state index contributed by atoms with van der Waals surface area (Å²) in [6, 6.07) is 83.3. The molecule has 10 heteroatoms. The summed E-state index contributed by atoms with van der Waals surface area (Å²) in [6.07, 6.45) is 0. The Hall–Kier alpha value is -7.70. The molecule has 10 aromatic carbocycles. The average molecular weight is 1170 g/mol. The summed E-state index contributed by atoms with van der Waals surface area (Å²) in [5.74, 6) is 0.